The standard InChI is InChI=1S/C14H17N3O4/c1-13(2,3)14(19)7-8-15-16(14)12(18)10-5-4-6-11(9-10)17(20)21/h4-6,8-9,19H,7H2,1-3H3. The molecule has 1 unspecified atom stereocenters. The van der Waals surface area contributed by atoms with Gasteiger partial charge in [0.1, 0.15) is 0 Å². The fourth-order valence-electron chi connectivity index (χ4n) is 2.15. The molecule has 2 rings (SSSR count). The van der Waals surface area contributed by atoms with Crippen molar-refractivity contribution in [3.05, 3.63) is 39.9 Å². The molecule has 1 aromatic rings. The van der Waals surface area contributed by atoms with Gasteiger partial charge >= 0.3 is 0 Å². The van der Waals surface area contributed by atoms with Crippen molar-refractivity contribution in [2.24, 2.45) is 10.5 Å². The van der Waals surface area contributed by atoms with E-state index in [9.17, 15) is 20.0 Å². The number of hydrogen-bond donors (Lipinski definition) is 1. The van der Waals surface area contributed by atoms with Gasteiger partial charge in [0.25, 0.3) is 11.6 Å². The lowest BCUT2D eigenvalue weighted by atomic mass is 9.81. The molecule has 1 N–H and O–H groups in total. The van der Waals surface area contributed by atoms with Crippen LogP contribution in [0.25, 0.3) is 0 Å². The Bertz CT molecular complexity index is 621. The molecule has 1 atom stereocenters. The Hall–Kier alpha value is -2.28. The zero-order valence-electron chi connectivity index (χ0n) is 12.1. The predicted octanol–water partition coefficient (Wildman–Crippen LogP) is 2.16. The molecule has 0 fully saturated rings. The number of hydrogen-bond acceptors (Lipinski definition) is 5. The number of nitro groups is 1. The van der Waals surface area contributed by atoms with Crippen LogP contribution in [0.4, 0.5) is 5.69 Å². The second kappa shape index (κ2) is 4.92. The highest BCUT2D eigenvalue weighted by molar-refractivity contribution is 5.96. The van der Waals surface area contributed by atoms with E-state index in [4.69, 9.17) is 0 Å². The molecule has 0 radical (unpaired) electrons. The molecule has 0 spiro atoms. The van der Waals surface area contributed by atoms with Crippen molar-refractivity contribution in [1.29, 1.82) is 0 Å². The van der Waals surface area contributed by atoms with Gasteiger partial charge in [0.15, 0.2) is 5.72 Å². The van der Waals surface area contributed by atoms with Crippen LogP contribution < -0.4 is 0 Å². The lowest BCUT2D eigenvalue weighted by molar-refractivity contribution is -0.384. The van der Waals surface area contributed by atoms with Crippen LogP contribution in [0.1, 0.15) is 37.6 Å². The highest BCUT2D eigenvalue weighted by Gasteiger charge is 2.50. The maximum absolute atomic E-state index is 12.5. The third kappa shape index (κ3) is 2.52. The van der Waals surface area contributed by atoms with Crippen molar-refractivity contribution in [3.63, 3.8) is 0 Å². The smallest absolute Gasteiger partial charge is 0.276 e. The van der Waals surface area contributed by atoms with Crippen molar-refractivity contribution >= 4 is 17.8 Å². The maximum atomic E-state index is 12.5. The summed E-state index contributed by atoms with van der Waals surface area (Å²) in [5.74, 6) is -0.565. The average Bonchev–Trinajstić information content (AvgIpc) is 2.81. The van der Waals surface area contributed by atoms with Crippen molar-refractivity contribution in [3.8, 4) is 0 Å². The molecular formula is C14H17N3O4. The van der Waals surface area contributed by atoms with Crippen LogP contribution in [0.2, 0.25) is 0 Å². The summed E-state index contributed by atoms with van der Waals surface area (Å²) >= 11 is 0. The summed E-state index contributed by atoms with van der Waals surface area (Å²) in [5.41, 5.74) is -2.12. The van der Waals surface area contributed by atoms with Crippen molar-refractivity contribution in [2.45, 2.75) is 32.9 Å². The average molecular weight is 291 g/mol. The third-order valence-electron chi connectivity index (χ3n) is 3.62. The second-order valence-electron chi connectivity index (χ2n) is 5.99. The number of carbonyl (C=O) groups is 1. The SMILES string of the molecule is CC(C)(C)C1(O)CC=NN1C(=O)c1cccc([N+](=O)[O-])c1. The van der Waals surface area contributed by atoms with Gasteiger partial charge in [0, 0.05) is 35.7 Å². The monoisotopic (exact) mass is 291 g/mol. The number of amides is 1. The molecule has 0 aliphatic carbocycles. The second-order valence-corrected chi connectivity index (χ2v) is 5.99. The summed E-state index contributed by atoms with van der Waals surface area (Å²) in [5, 5.41) is 26.5. The maximum Gasteiger partial charge on any atom is 0.276 e. The van der Waals surface area contributed by atoms with Gasteiger partial charge in [-0.3, -0.25) is 14.9 Å². The Morgan fingerprint density at radius 2 is 2.14 bits per heavy atom. The minimum absolute atomic E-state index is 0.117. The highest BCUT2D eigenvalue weighted by Crippen LogP contribution is 2.39. The number of nitrogens with zero attached hydrogens (tertiary/aromatic N) is 3. The van der Waals surface area contributed by atoms with Crippen molar-refractivity contribution in [2.75, 3.05) is 0 Å². The molecule has 1 aliphatic heterocycles. The van der Waals surface area contributed by atoms with E-state index < -0.39 is 22.0 Å². The van der Waals surface area contributed by atoms with Crippen LogP contribution in [-0.2, 0) is 0 Å². The zero-order chi connectivity index (χ0) is 15.8. The first-order valence-corrected chi connectivity index (χ1v) is 6.51. The Kier molecular flexibility index (Phi) is 3.54. The number of carbonyl (C=O) groups excluding carboxylic acids is 1. The van der Waals surface area contributed by atoms with Crippen LogP contribution in [0.15, 0.2) is 29.4 Å². The molecule has 112 valence electrons. The summed E-state index contributed by atoms with van der Waals surface area (Å²) in [6, 6.07) is 5.38. The van der Waals surface area contributed by atoms with Gasteiger partial charge in [-0.1, -0.05) is 26.8 Å². The first-order valence-electron chi connectivity index (χ1n) is 6.51. The molecule has 0 aromatic heterocycles. The molecule has 0 bridgehead atoms. The number of nitro benzene ring substituents is 1. The molecule has 21 heavy (non-hydrogen) atoms. The highest BCUT2D eigenvalue weighted by atomic mass is 16.6. The molecule has 1 aromatic carbocycles. The van der Waals surface area contributed by atoms with E-state index in [1.165, 1.54) is 30.5 Å². The molecule has 1 amide bonds. The van der Waals surface area contributed by atoms with E-state index in [-0.39, 0.29) is 17.7 Å². The summed E-state index contributed by atoms with van der Waals surface area (Å²) in [4.78, 5) is 22.7. The van der Waals surface area contributed by atoms with Gasteiger partial charge in [0.2, 0.25) is 0 Å². The quantitative estimate of drug-likeness (QED) is 0.667. The third-order valence-corrected chi connectivity index (χ3v) is 3.62. The predicted molar refractivity (Wildman–Crippen MR) is 76.8 cm³/mol. The van der Waals surface area contributed by atoms with E-state index in [0.29, 0.717) is 0 Å². The summed E-state index contributed by atoms with van der Waals surface area (Å²) in [7, 11) is 0. The molecule has 1 heterocycles. The minimum atomic E-state index is -1.45. The largest absolute Gasteiger partial charge is 0.368 e. The van der Waals surface area contributed by atoms with E-state index in [2.05, 4.69) is 5.10 Å². The van der Waals surface area contributed by atoms with E-state index >= 15 is 0 Å². The van der Waals surface area contributed by atoms with Crippen LogP contribution >= 0.6 is 0 Å². The Morgan fingerprint density at radius 1 is 1.48 bits per heavy atom. The zero-order valence-corrected chi connectivity index (χ0v) is 12.1. The molecule has 7 nitrogen and oxygen atoms in total. The Labute approximate surface area is 122 Å². The van der Waals surface area contributed by atoms with E-state index in [0.717, 1.165) is 5.01 Å². The Morgan fingerprint density at radius 3 is 2.71 bits per heavy atom. The minimum Gasteiger partial charge on any atom is -0.368 e. The van der Waals surface area contributed by atoms with E-state index in [1.54, 1.807) is 20.8 Å². The Balaban J connectivity index is 2.38. The summed E-state index contributed by atoms with van der Waals surface area (Å²) < 4.78 is 0. The van der Waals surface area contributed by atoms with Crippen LogP contribution in [0.5, 0.6) is 0 Å². The van der Waals surface area contributed by atoms with Gasteiger partial charge in [-0.05, 0) is 6.07 Å². The molecule has 7 heteroatoms. The molecule has 0 saturated heterocycles. The molecule has 0 saturated carbocycles. The van der Waals surface area contributed by atoms with Gasteiger partial charge < -0.3 is 5.11 Å². The van der Waals surface area contributed by atoms with Crippen LogP contribution in [0.3, 0.4) is 0 Å². The number of benzene rings is 1. The topological polar surface area (TPSA) is 96.0 Å². The summed E-state index contributed by atoms with van der Waals surface area (Å²) in [6.07, 6.45) is 1.69. The normalized spacial score (nSPS) is 21.6. The molecular weight excluding hydrogens is 274 g/mol. The van der Waals surface area contributed by atoms with Crippen molar-refractivity contribution in [1.82, 2.24) is 5.01 Å². The van der Waals surface area contributed by atoms with Crippen LogP contribution in [-0.4, -0.2) is 32.9 Å². The van der Waals surface area contributed by atoms with Gasteiger partial charge in [-0.25, -0.2) is 0 Å². The van der Waals surface area contributed by atoms with Gasteiger partial charge in [0.05, 0.1) is 4.92 Å². The van der Waals surface area contributed by atoms with Gasteiger partial charge in [-0.15, -0.1) is 0 Å². The van der Waals surface area contributed by atoms with Crippen LogP contribution in [0, 0.1) is 15.5 Å². The number of rotatable bonds is 2. The fourth-order valence-corrected chi connectivity index (χ4v) is 2.15. The number of aliphatic hydroxyl groups is 1. The van der Waals surface area contributed by atoms with Crippen molar-refractivity contribution < 1.29 is 14.8 Å². The fraction of sp³-hybridized carbons (Fsp3) is 0.429. The van der Waals surface area contributed by atoms with Gasteiger partial charge in [-0.2, -0.15) is 10.1 Å². The molecule has 1 aliphatic rings. The first kappa shape index (κ1) is 15.1. The number of non-ortho nitro benzene ring substituents is 1. The first-order chi connectivity index (χ1) is 9.67. The van der Waals surface area contributed by atoms with E-state index in [1.807, 2.05) is 0 Å². The number of hydrazone groups is 1. The summed E-state index contributed by atoms with van der Waals surface area (Å²) in [6.45, 7) is 5.40. The lowest BCUT2D eigenvalue weighted by Gasteiger charge is -2.41. The lowest BCUT2D eigenvalue weighted by Crippen LogP contribution is -2.54.